The number of morpholine rings is 1. The van der Waals surface area contributed by atoms with Gasteiger partial charge in [0.2, 0.25) is 5.91 Å². The number of halogens is 1. The number of aromatic amines is 1. The monoisotopic (exact) mass is 558 g/mol. The molecular formula is C27H35ClN6O5. The van der Waals surface area contributed by atoms with Crippen LogP contribution < -0.4 is 20.9 Å². The number of amides is 3. The van der Waals surface area contributed by atoms with E-state index in [0.717, 1.165) is 31.6 Å². The number of anilines is 2. The van der Waals surface area contributed by atoms with Gasteiger partial charge >= 0.3 is 0 Å². The highest BCUT2D eigenvalue weighted by atomic mass is 35.5. The number of imidazole rings is 1. The maximum Gasteiger partial charge on any atom is 0.272 e. The van der Waals surface area contributed by atoms with Crippen molar-refractivity contribution in [3.63, 3.8) is 0 Å². The van der Waals surface area contributed by atoms with Crippen molar-refractivity contribution in [2.45, 2.75) is 50.7 Å². The minimum Gasteiger partial charge on any atom is -0.378 e. The molecule has 0 radical (unpaired) electrons. The number of aromatic nitrogens is 2. The summed E-state index contributed by atoms with van der Waals surface area (Å²) in [5.41, 5.74) is 1.80. The SMILES string of the molecule is O=C(NCC1CCCO1)c1nc[nH]c1C(=O)N[C@H]1CC[C@H](C(=O)Nc2cc(N3CCOCC3)ccc2Cl)CC1. The Morgan fingerprint density at radius 3 is 2.59 bits per heavy atom. The molecule has 1 aliphatic carbocycles. The molecule has 3 heterocycles. The Kier molecular flexibility index (Phi) is 9.00. The Morgan fingerprint density at radius 1 is 1.05 bits per heavy atom. The Labute approximate surface area is 232 Å². The standard InChI is InChI=1S/C27H35ClN6O5/c28-21-8-7-19(34-9-12-38-13-10-34)14-22(21)33-25(35)17-3-5-18(6-4-17)32-27(37)24-23(30-16-31-24)26(36)29-15-20-2-1-11-39-20/h7-8,14,16-18,20H,1-6,9-13,15H2,(H,29,36)(H,30,31)(H,32,37)(H,33,35)/t17-,18-,20?. The molecule has 1 saturated carbocycles. The first-order valence-electron chi connectivity index (χ1n) is 13.6. The van der Waals surface area contributed by atoms with Gasteiger partial charge in [-0.15, -0.1) is 0 Å². The molecule has 1 unspecified atom stereocenters. The minimum absolute atomic E-state index is 0.00212. The third-order valence-corrected chi connectivity index (χ3v) is 7.94. The van der Waals surface area contributed by atoms with E-state index in [9.17, 15) is 14.4 Å². The molecule has 1 aromatic heterocycles. The topological polar surface area (TPSA) is 138 Å². The molecule has 2 aromatic rings. The molecule has 210 valence electrons. The summed E-state index contributed by atoms with van der Waals surface area (Å²) in [5, 5.41) is 9.30. The fourth-order valence-electron chi connectivity index (χ4n) is 5.35. The normalized spacial score (nSPS) is 23.3. The Balaban J connectivity index is 1.10. The van der Waals surface area contributed by atoms with Gasteiger partial charge in [-0.05, 0) is 56.7 Å². The lowest BCUT2D eigenvalue weighted by Crippen LogP contribution is -2.40. The summed E-state index contributed by atoms with van der Waals surface area (Å²) < 4.78 is 11.0. The highest BCUT2D eigenvalue weighted by molar-refractivity contribution is 6.33. The van der Waals surface area contributed by atoms with Crippen LogP contribution in [0.25, 0.3) is 0 Å². The largest absolute Gasteiger partial charge is 0.378 e. The predicted molar refractivity (Wildman–Crippen MR) is 146 cm³/mol. The summed E-state index contributed by atoms with van der Waals surface area (Å²) in [6.07, 6.45) is 5.81. The first-order chi connectivity index (χ1) is 19.0. The highest BCUT2D eigenvalue weighted by Gasteiger charge is 2.29. The predicted octanol–water partition coefficient (Wildman–Crippen LogP) is 2.74. The molecule has 3 aliphatic rings. The molecule has 0 spiro atoms. The van der Waals surface area contributed by atoms with Crippen molar-refractivity contribution < 1.29 is 23.9 Å². The second-order valence-electron chi connectivity index (χ2n) is 10.2. The number of carbonyl (C=O) groups excluding carboxylic acids is 3. The van der Waals surface area contributed by atoms with E-state index in [2.05, 4.69) is 30.8 Å². The van der Waals surface area contributed by atoms with Crippen molar-refractivity contribution in [1.29, 1.82) is 0 Å². The van der Waals surface area contributed by atoms with E-state index >= 15 is 0 Å². The fourth-order valence-corrected chi connectivity index (χ4v) is 5.52. The molecule has 1 atom stereocenters. The maximum atomic E-state index is 13.0. The number of ether oxygens (including phenoxy) is 2. The van der Waals surface area contributed by atoms with Gasteiger partial charge in [0.1, 0.15) is 5.69 Å². The second kappa shape index (κ2) is 12.8. The molecule has 5 rings (SSSR count). The van der Waals surface area contributed by atoms with Gasteiger partial charge in [0.15, 0.2) is 5.69 Å². The Hall–Kier alpha value is -3.15. The molecule has 3 amide bonds. The van der Waals surface area contributed by atoms with Gasteiger partial charge in [-0.2, -0.15) is 0 Å². The van der Waals surface area contributed by atoms with E-state index in [4.69, 9.17) is 21.1 Å². The zero-order valence-electron chi connectivity index (χ0n) is 21.8. The van der Waals surface area contributed by atoms with Crippen molar-refractivity contribution in [2.75, 3.05) is 49.7 Å². The highest BCUT2D eigenvalue weighted by Crippen LogP contribution is 2.31. The van der Waals surface area contributed by atoms with E-state index in [0.29, 0.717) is 62.8 Å². The average Bonchev–Trinajstić information content (AvgIpc) is 3.67. The van der Waals surface area contributed by atoms with Crippen molar-refractivity contribution in [2.24, 2.45) is 5.92 Å². The van der Waals surface area contributed by atoms with Crippen molar-refractivity contribution in [3.8, 4) is 0 Å². The number of H-pyrrole nitrogens is 1. The zero-order chi connectivity index (χ0) is 27.2. The van der Waals surface area contributed by atoms with Crippen LogP contribution >= 0.6 is 11.6 Å². The molecule has 2 saturated heterocycles. The molecule has 39 heavy (non-hydrogen) atoms. The lowest BCUT2D eigenvalue weighted by Gasteiger charge is -2.30. The smallest absolute Gasteiger partial charge is 0.272 e. The van der Waals surface area contributed by atoms with Gasteiger partial charge < -0.3 is 35.3 Å². The summed E-state index contributed by atoms with van der Waals surface area (Å²) in [7, 11) is 0. The van der Waals surface area contributed by atoms with Crippen LogP contribution in [-0.2, 0) is 14.3 Å². The van der Waals surface area contributed by atoms with E-state index in [1.165, 1.54) is 6.33 Å². The number of nitrogens with one attached hydrogen (secondary N) is 4. The molecule has 4 N–H and O–H groups in total. The van der Waals surface area contributed by atoms with Crippen LogP contribution in [0.5, 0.6) is 0 Å². The fraction of sp³-hybridized carbons (Fsp3) is 0.556. The van der Waals surface area contributed by atoms with Crippen LogP contribution in [0.3, 0.4) is 0 Å². The second-order valence-corrected chi connectivity index (χ2v) is 10.7. The Morgan fingerprint density at radius 2 is 1.85 bits per heavy atom. The molecule has 11 nitrogen and oxygen atoms in total. The minimum atomic E-state index is -0.409. The van der Waals surface area contributed by atoms with Gasteiger partial charge in [-0.1, -0.05) is 11.6 Å². The lowest BCUT2D eigenvalue weighted by molar-refractivity contribution is -0.120. The third-order valence-electron chi connectivity index (χ3n) is 7.61. The quantitative estimate of drug-likeness (QED) is 0.391. The number of hydrogen-bond donors (Lipinski definition) is 4. The molecule has 2 aliphatic heterocycles. The summed E-state index contributed by atoms with van der Waals surface area (Å²) >= 11 is 6.39. The number of hydrogen-bond acceptors (Lipinski definition) is 7. The van der Waals surface area contributed by atoms with E-state index in [-0.39, 0.29) is 41.3 Å². The van der Waals surface area contributed by atoms with Gasteiger partial charge in [-0.25, -0.2) is 4.98 Å². The Bertz CT molecular complexity index is 1170. The molecule has 1 aromatic carbocycles. The number of rotatable bonds is 8. The van der Waals surface area contributed by atoms with Gasteiger partial charge in [0.05, 0.1) is 36.4 Å². The molecular weight excluding hydrogens is 524 g/mol. The number of carbonyl (C=O) groups is 3. The first-order valence-corrected chi connectivity index (χ1v) is 14.0. The number of benzene rings is 1. The van der Waals surface area contributed by atoms with E-state index in [1.807, 2.05) is 12.1 Å². The van der Waals surface area contributed by atoms with Crippen LogP contribution in [-0.4, -0.2) is 79.3 Å². The van der Waals surface area contributed by atoms with Gasteiger partial charge in [-0.3, -0.25) is 14.4 Å². The van der Waals surface area contributed by atoms with Gasteiger partial charge in [0, 0.05) is 43.9 Å². The van der Waals surface area contributed by atoms with Gasteiger partial charge in [0.25, 0.3) is 11.8 Å². The van der Waals surface area contributed by atoms with Crippen LogP contribution in [0.1, 0.15) is 59.5 Å². The molecule has 0 bridgehead atoms. The zero-order valence-corrected chi connectivity index (χ0v) is 22.6. The maximum absolute atomic E-state index is 13.0. The average molecular weight is 559 g/mol. The van der Waals surface area contributed by atoms with Crippen molar-refractivity contribution in [1.82, 2.24) is 20.6 Å². The molecule has 12 heteroatoms. The van der Waals surface area contributed by atoms with Crippen molar-refractivity contribution in [3.05, 3.63) is 40.9 Å². The first kappa shape index (κ1) is 27.4. The lowest BCUT2D eigenvalue weighted by atomic mass is 9.85. The summed E-state index contributed by atoms with van der Waals surface area (Å²) in [6, 6.07) is 5.58. The number of nitrogens with zero attached hydrogens (tertiary/aromatic N) is 2. The summed E-state index contributed by atoms with van der Waals surface area (Å²) in [4.78, 5) is 47.6. The third kappa shape index (κ3) is 6.90. The van der Waals surface area contributed by atoms with Crippen LogP contribution in [0, 0.1) is 5.92 Å². The summed E-state index contributed by atoms with van der Waals surface area (Å²) in [6.45, 7) is 4.04. The molecule has 3 fully saturated rings. The van der Waals surface area contributed by atoms with Crippen LogP contribution in [0.2, 0.25) is 5.02 Å². The van der Waals surface area contributed by atoms with Crippen molar-refractivity contribution >= 4 is 40.7 Å². The van der Waals surface area contributed by atoms with Crippen LogP contribution in [0.15, 0.2) is 24.5 Å². The van der Waals surface area contributed by atoms with E-state index in [1.54, 1.807) is 6.07 Å². The summed E-state index contributed by atoms with van der Waals surface area (Å²) in [5.74, 6) is -1.03. The van der Waals surface area contributed by atoms with E-state index < -0.39 is 5.91 Å². The van der Waals surface area contributed by atoms with Crippen LogP contribution in [0.4, 0.5) is 11.4 Å².